The molecule has 2 amide bonds. The van der Waals surface area contributed by atoms with Gasteiger partial charge in [0.15, 0.2) is 0 Å². The van der Waals surface area contributed by atoms with E-state index in [9.17, 15) is 9.59 Å². The number of rotatable bonds is 3. The molecular formula is C14H25N3O2. The molecule has 0 aromatic heterocycles. The molecule has 5 heteroatoms. The highest BCUT2D eigenvalue weighted by Gasteiger charge is 2.29. The van der Waals surface area contributed by atoms with E-state index in [0.29, 0.717) is 18.9 Å². The zero-order chi connectivity index (χ0) is 13.7. The monoisotopic (exact) mass is 267 g/mol. The molecule has 0 aliphatic carbocycles. The molecule has 2 rings (SSSR count). The summed E-state index contributed by atoms with van der Waals surface area (Å²) in [5.74, 6) is 0.743. The van der Waals surface area contributed by atoms with Gasteiger partial charge in [0, 0.05) is 26.6 Å². The van der Waals surface area contributed by atoms with Gasteiger partial charge in [-0.25, -0.2) is 0 Å². The number of piperidine rings is 2. The number of nitrogens with zero attached hydrogens (tertiary/aromatic N) is 1. The summed E-state index contributed by atoms with van der Waals surface area (Å²) < 4.78 is 0. The van der Waals surface area contributed by atoms with Gasteiger partial charge < -0.3 is 15.5 Å². The number of hydrogen-bond donors (Lipinski definition) is 2. The van der Waals surface area contributed by atoms with Crippen LogP contribution in [0.1, 0.15) is 32.1 Å². The van der Waals surface area contributed by atoms with Crippen LogP contribution < -0.4 is 10.6 Å². The van der Waals surface area contributed by atoms with Crippen LogP contribution in [0.25, 0.3) is 0 Å². The van der Waals surface area contributed by atoms with Gasteiger partial charge in [-0.05, 0) is 44.7 Å². The van der Waals surface area contributed by atoms with Crippen molar-refractivity contribution in [2.75, 3.05) is 33.2 Å². The number of likely N-dealkylation sites (tertiary alicyclic amines) is 1. The van der Waals surface area contributed by atoms with E-state index in [1.54, 1.807) is 7.05 Å². The van der Waals surface area contributed by atoms with Crippen LogP contribution in [0.15, 0.2) is 0 Å². The molecule has 0 aromatic rings. The van der Waals surface area contributed by atoms with Crippen LogP contribution >= 0.6 is 0 Å². The third kappa shape index (κ3) is 3.93. The Balaban J connectivity index is 1.82. The predicted molar refractivity (Wildman–Crippen MR) is 73.6 cm³/mol. The van der Waals surface area contributed by atoms with Crippen molar-refractivity contribution in [3.05, 3.63) is 0 Å². The summed E-state index contributed by atoms with van der Waals surface area (Å²) >= 11 is 0. The lowest BCUT2D eigenvalue weighted by Crippen LogP contribution is -2.45. The van der Waals surface area contributed by atoms with Gasteiger partial charge in [0.25, 0.3) is 0 Å². The minimum Gasteiger partial charge on any atom is -0.359 e. The van der Waals surface area contributed by atoms with Gasteiger partial charge in [0.05, 0.1) is 5.92 Å². The number of nitrogens with one attached hydrogen (secondary N) is 2. The number of hydrogen-bond acceptors (Lipinski definition) is 3. The van der Waals surface area contributed by atoms with Gasteiger partial charge in [-0.1, -0.05) is 0 Å². The van der Waals surface area contributed by atoms with Crippen molar-refractivity contribution in [2.24, 2.45) is 11.8 Å². The minimum atomic E-state index is -0.0211. The Morgan fingerprint density at radius 1 is 1.32 bits per heavy atom. The van der Waals surface area contributed by atoms with Crippen molar-refractivity contribution in [1.29, 1.82) is 0 Å². The van der Waals surface area contributed by atoms with Crippen molar-refractivity contribution in [2.45, 2.75) is 32.1 Å². The van der Waals surface area contributed by atoms with Crippen molar-refractivity contribution in [3.8, 4) is 0 Å². The second-order valence-electron chi connectivity index (χ2n) is 5.71. The molecule has 0 aromatic carbocycles. The number of amides is 2. The second kappa shape index (κ2) is 6.89. The third-order valence-corrected chi connectivity index (χ3v) is 4.25. The molecule has 2 aliphatic heterocycles. The molecule has 0 bridgehead atoms. The van der Waals surface area contributed by atoms with Crippen LogP contribution in [0.4, 0.5) is 0 Å². The summed E-state index contributed by atoms with van der Waals surface area (Å²) in [7, 11) is 1.66. The molecule has 2 aliphatic rings. The molecule has 2 unspecified atom stereocenters. The maximum atomic E-state index is 12.3. The van der Waals surface area contributed by atoms with E-state index in [4.69, 9.17) is 0 Å². The summed E-state index contributed by atoms with van der Waals surface area (Å²) in [6, 6.07) is 0. The van der Waals surface area contributed by atoms with E-state index in [1.807, 2.05) is 4.90 Å². The van der Waals surface area contributed by atoms with Gasteiger partial charge in [-0.3, -0.25) is 9.59 Å². The van der Waals surface area contributed by atoms with Crippen LogP contribution in [0.3, 0.4) is 0 Å². The van der Waals surface area contributed by atoms with Crippen LogP contribution in [0.5, 0.6) is 0 Å². The summed E-state index contributed by atoms with van der Waals surface area (Å²) in [5, 5.41) is 6.03. The Morgan fingerprint density at radius 2 is 2.16 bits per heavy atom. The SMILES string of the molecule is CNC(=O)C1CCCN(C(=O)CC2CCCNC2)C1. The zero-order valence-electron chi connectivity index (χ0n) is 11.8. The summed E-state index contributed by atoms with van der Waals surface area (Å²) in [5.41, 5.74) is 0. The fourth-order valence-corrected chi connectivity index (χ4v) is 3.10. The average Bonchev–Trinajstić information content (AvgIpc) is 2.47. The van der Waals surface area contributed by atoms with E-state index in [2.05, 4.69) is 10.6 Å². The lowest BCUT2D eigenvalue weighted by atomic mass is 9.93. The molecular weight excluding hydrogens is 242 g/mol. The van der Waals surface area contributed by atoms with Gasteiger partial charge in [0.2, 0.25) is 11.8 Å². The fraction of sp³-hybridized carbons (Fsp3) is 0.857. The van der Waals surface area contributed by atoms with Crippen LogP contribution in [-0.2, 0) is 9.59 Å². The maximum Gasteiger partial charge on any atom is 0.224 e. The molecule has 2 N–H and O–H groups in total. The molecule has 0 radical (unpaired) electrons. The highest BCUT2D eigenvalue weighted by molar-refractivity contribution is 5.81. The van der Waals surface area contributed by atoms with E-state index < -0.39 is 0 Å². The Kier molecular flexibility index (Phi) is 5.19. The molecule has 2 atom stereocenters. The normalized spacial score (nSPS) is 27.9. The minimum absolute atomic E-state index is 0.0211. The summed E-state index contributed by atoms with van der Waals surface area (Å²) in [4.78, 5) is 25.8. The average molecular weight is 267 g/mol. The Labute approximate surface area is 115 Å². The van der Waals surface area contributed by atoms with Crippen LogP contribution in [0, 0.1) is 11.8 Å². The van der Waals surface area contributed by atoms with Crippen LogP contribution in [-0.4, -0.2) is 49.9 Å². The summed E-state index contributed by atoms with van der Waals surface area (Å²) in [6.45, 7) is 3.44. The maximum absolute atomic E-state index is 12.3. The molecule has 108 valence electrons. The highest BCUT2D eigenvalue weighted by atomic mass is 16.2. The third-order valence-electron chi connectivity index (χ3n) is 4.25. The van der Waals surface area contributed by atoms with Crippen molar-refractivity contribution in [1.82, 2.24) is 15.5 Å². The Hall–Kier alpha value is -1.10. The predicted octanol–water partition coefficient (Wildman–Crippen LogP) is 0.361. The molecule has 2 saturated heterocycles. The first kappa shape index (κ1) is 14.3. The first-order valence-corrected chi connectivity index (χ1v) is 7.40. The van der Waals surface area contributed by atoms with Gasteiger partial charge in [0.1, 0.15) is 0 Å². The molecule has 5 nitrogen and oxygen atoms in total. The smallest absolute Gasteiger partial charge is 0.224 e. The van der Waals surface area contributed by atoms with Crippen LogP contribution in [0.2, 0.25) is 0 Å². The zero-order valence-corrected chi connectivity index (χ0v) is 11.8. The topological polar surface area (TPSA) is 61.4 Å². The number of carbonyl (C=O) groups excluding carboxylic acids is 2. The van der Waals surface area contributed by atoms with Crippen molar-refractivity contribution in [3.63, 3.8) is 0 Å². The second-order valence-corrected chi connectivity index (χ2v) is 5.71. The fourth-order valence-electron chi connectivity index (χ4n) is 3.10. The molecule has 2 heterocycles. The lowest BCUT2D eigenvalue weighted by molar-refractivity contribution is -0.136. The van der Waals surface area contributed by atoms with Crippen molar-refractivity contribution >= 4 is 11.8 Å². The highest BCUT2D eigenvalue weighted by Crippen LogP contribution is 2.20. The standard InChI is InChI=1S/C14H25N3O2/c1-15-14(19)12-5-3-7-17(10-12)13(18)8-11-4-2-6-16-9-11/h11-12,16H,2-10H2,1H3,(H,15,19). The van der Waals surface area contributed by atoms with E-state index in [1.165, 1.54) is 6.42 Å². The molecule has 2 fully saturated rings. The number of carbonyl (C=O) groups is 2. The first-order chi connectivity index (χ1) is 9.20. The Bertz CT molecular complexity index is 327. The van der Waals surface area contributed by atoms with Gasteiger partial charge >= 0.3 is 0 Å². The van der Waals surface area contributed by atoms with Gasteiger partial charge in [-0.2, -0.15) is 0 Å². The van der Waals surface area contributed by atoms with E-state index in [0.717, 1.165) is 38.9 Å². The molecule has 19 heavy (non-hydrogen) atoms. The molecule has 0 saturated carbocycles. The van der Waals surface area contributed by atoms with Gasteiger partial charge in [-0.15, -0.1) is 0 Å². The van der Waals surface area contributed by atoms with E-state index in [-0.39, 0.29) is 17.7 Å². The lowest BCUT2D eigenvalue weighted by Gasteiger charge is -2.33. The Morgan fingerprint density at radius 3 is 2.84 bits per heavy atom. The van der Waals surface area contributed by atoms with Crippen molar-refractivity contribution < 1.29 is 9.59 Å². The first-order valence-electron chi connectivity index (χ1n) is 7.40. The summed E-state index contributed by atoms with van der Waals surface area (Å²) in [6.07, 6.45) is 4.78. The molecule has 0 spiro atoms. The largest absolute Gasteiger partial charge is 0.359 e. The quantitative estimate of drug-likeness (QED) is 0.776. The van der Waals surface area contributed by atoms with E-state index >= 15 is 0 Å².